The second kappa shape index (κ2) is 48.4. The maximum Gasteiger partial charge on any atom is 0.306 e. The highest BCUT2D eigenvalue weighted by Crippen LogP contribution is 2.12. The van der Waals surface area contributed by atoms with E-state index in [9.17, 15) is 9.59 Å². The second-order valence-electron chi connectivity index (χ2n) is 15.6. The molecular formula is C53H90O5. The zero-order valence-electron chi connectivity index (χ0n) is 38.0. The van der Waals surface area contributed by atoms with E-state index >= 15 is 0 Å². The largest absolute Gasteiger partial charge is 0.462 e. The summed E-state index contributed by atoms with van der Waals surface area (Å²) >= 11 is 0. The molecule has 58 heavy (non-hydrogen) atoms. The van der Waals surface area contributed by atoms with Gasteiger partial charge in [-0.2, -0.15) is 0 Å². The van der Waals surface area contributed by atoms with E-state index in [4.69, 9.17) is 14.2 Å². The predicted octanol–water partition coefficient (Wildman–Crippen LogP) is 16.1. The minimum absolute atomic E-state index is 0.0398. The maximum atomic E-state index is 12.7. The molecule has 0 aromatic rings. The lowest BCUT2D eigenvalue weighted by Gasteiger charge is -2.18. The fourth-order valence-corrected chi connectivity index (χ4v) is 6.35. The third kappa shape index (κ3) is 45.8. The van der Waals surface area contributed by atoms with Gasteiger partial charge < -0.3 is 14.2 Å². The van der Waals surface area contributed by atoms with Crippen molar-refractivity contribution in [1.29, 1.82) is 0 Å². The molecular weight excluding hydrogens is 717 g/mol. The molecule has 0 saturated heterocycles. The van der Waals surface area contributed by atoms with Gasteiger partial charge in [0.05, 0.1) is 6.61 Å². The van der Waals surface area contributed by atoms with E-state index in [0.29, 0.717) is 25.9 Å². The van der Waals surface area contributed by atoms with Gasteiger partial charge in [0, 0.05) is 19.4 Å². The summed E-state index contributed by atoms with van der Waals surface area (Å²) in [5.41, 5.74) is 0. The van der Waals surface area contributed by atoms with Crippen molar-refractivity contribution >= 4 is 11.9 Å². The SMILES string of the molecule is CC/C=C\C/C=C\C/C=C\C/C=C\C/C=C\C/C=C\CCC(=O)OCC(COCCCCCCCCCC)OC(=O)CCCCCCC/C=C\CCCCCCCC. The second-order valence-corrected chi connectivity index (χ2v) is 15.6. The predicted molar refractivity (Wildman–Crippen MR) is 251 cm³/mol. The van der Waals surface area contributed by atoms with Gasteiger partial charge in [-0.05, 0) is 83.5 Å². The Labute approximate surface area is 359 Å². The van der Waals surface area contributed by atoms with Crippen molar-refractivity contribution in [2.75, 3.05) is 19.8 Å². The first-order chi connectivity index (χ1) is 28.6. The standard InChI is InChI=1S/C53H90O5/c1-4-7-10-13-16-19-21-23-25-26-27-28-30-31-33-35-37-40-43-46-52(54)57-50-51(49-56-48-45-42-39-18-15-12-9-6-3)58-53(55)47-44-41-38-36-34-32-29-24-22-20-17-14-11-8-5-2/h7,10,16,19,23-25,27-29,31,33,37,40,51H,4-6,8-9,11-15,17-18,20-22,26,30,32,34-36,38-39,41-50H2,1-3H3/b10-7-,19-16-,25-23-,28-27-,29-24-,33-31-,40-37-. The van der Waals surface area contributed by atoms with Crippen LogP contribution in [0.2, 0.25) is 0 Å². The van der Waals surface area contributed by atoms with Gasteiger partial charge in [0.2, 0.25) is 0 Å². The Hall–Kier alpha value is -2.92. The Morgan fingerprint density at radius 3 is 1.31 bits per heavy atom. The van der Waals surface area contributed by atoms with Gasteiger partial charge in [0.15, 0.2) is 6.10 Å². The number of hydrogen-bond acceptors (Lipinski definition) is 5. The van der Waals surface area contributed by atoms with Crippen LogP contribution in [0.15, 0.2) is 85.1 Å². The van der Waals surface area contributed by atoms with E-state index in [1.165, 1.54) is 96.3 Å². The molecule has 0 aromatic carbocycles. The van der Waals surface area contributed by atoms with E-state index in [0.717, 1.165) is 77.0 Å². The van der Waals surface area contributed by atoms with Crippen LogP contribution < -0.4 is 0 Å². The Bertz CT molecular complexity index is 1090. The molecule has 1 atom stereocenters. The third-order valence-corrected chi connectivity index (χ3v) is 9.93. The molecule has 0 spiro atoms. The molecule has 0 fully saturated rings. The van der Waals surface area contributed by atoms with Crippen molar-refractivity contribution < 1.29 is 23.8 Å². The first-order valence-electron chi connectivity index (χ1n) is 24.1. The molecule has 0 aliphatic rings. The number of rotatable bonds is 43. The van der Waals surface area contributed by atoms with Crippen LogP contribution in [0.4, 0.5) is 0 Å². The highest BCUT2D eigenvalue weighted by Gasteiger charge is 2.17. The van der Waals surface area contributed by atoms with E-state index in [2.05, 4.69) is 99.8 Å². The first-order valence-corrected chi connectivity index (χ1v) is 24.1. The highest BCUT2D eigenvalue weighted by atomic mass is 16.6. The van der Waals surface area contributed by atoms with Crippen LogP contribution >= 0.6 is 0 Å². The monoisotopic (exact) mass is 807 g/mol. The average molecular weight is 807 g/mol. The Morgan fingerprint density at radius 1 is 0.397 bits per heavy atom. The summed E-state index contributed by atoms with van der Waals surface area (Å²) < 4.78 is 17.2. The number of hydrogen-bond donors (Lipinski definition) is 0. The van der Waals surface area contributed by atoms with Crippen LogP contribution in [0.25, 0.3) is 0 Å². The Kier molecular flexibility index (Phi) is 46.0. The normalized spacial score (nSPS) is 12.9. The van der Waals surface area contributed by atoms with Crippen molar-refractivity contribution in [3.63, 3.8) is 0 Å². The summed E-state index contributed by atoms with van der Waals surface area (Å²) in [4.78, 5) is 25.2. The van der Waals surface area contributed by atoms with Gasteiger partial charge in [-0.1, -0.05) is 202 Å². The lowest BCUT2D eigenvalue weighted by molar-refractivity contribution is -0.162. The molecule has 0 aliphatic heterocycles. The van der Waals surface area contributed by atoms with E-state index in [1.807, 2.05) is 6.08 Å². The van der Waals surface area contributed by atoms with Crippen LogP contribution in [-0.4, -0.2) is 37.9 Å². The average Bonchev–Trinajstić information content (AvgIpc) is 3.22. The fourth-order valence-electron chi connectivity index (χ4n) is 6.35. The van der Waals surface area contributed by atoms with Crippen molar-refractivity contribution in [3.8, 4) is 0 Å². The lowest BCUT2D eigenvalue weighted by atomic mass is 10.1. The van der Waals surface area contributed by atoms with Crippen LogP contribution in [0.3, 0.4) is 0 Å². The van der Waals surface area contributed by atoms with Gasteiger partial charge >= 0.3 is 11.9 Å². The van der Waals surface area contributed by atoms with Gasteiger partial charge in [0.25, 0.3) is 0 Å². The molecule has 0 heterocycles. The number of ether oxygens (including phenoxy) is 3. The van der Waals surface area contributed by atoms with Crippen LogP contribution in [0.1, 0.15) is 213 Å². The molecule has 0 N–H and O–H groups in total. The van der Waals surface area contributed by atoms with Crippen LogP contribution in [-0.2, 0) is 23.8 Å². The number of carbonyl (C=O) groups excluding carboxylic acids is 2. The summed E-state index contributed by atoms with van der Waals surface area (Å²) in [6.07, 6.45) is 63.1. The molecule has 5 heteroatoms. The third-order valence-electron chi connectivity index (χ3n) is 9.93. The van der Waals surface area contributed by atoms with Crippen molar-refractivity contribution in [2.24, 2.45) is 0 Å². The molecule has 0 radical (unpaired) electrons. The zero-order chi connectivity index (χ0) is 42.1. The number of carbonyl (C=O) groups is 2. The smallest absolute Gasteiger partial charge is 0.306 e. The number of unbranched alkanes of at least 4 members (excludes halogenated alkanes) is 18. The molecule has 0 bridgehead atoms. The summed E-state index contributed by atoms with van der Waals surface area (Å²) in [7, 11) is 0. The number of allylic oxidation sites excluding steroid dienone is 14. The van der Waals surface area contributed by atoms with Crippen LogP contribution in [0, 0.1) is 0 Å². The molecule has 0 saturated carbocycles. The molecule has 0 aromatic heterocycles. The minimum Gasteiger partial charge on any atom is -0.462 e. The molecule has 5 nitrogen and oxygen atoms in total. The van der Waals surface area contributed by atoms with Gasteiger partial charge in [-0.25, -0.2) is 0 Å². The molecule has 0 amide bonds. The van der Waals surface area contributed by atoms with Gasteiger partial charge in [-0.15, -0.1) is 0 Å². The maximum absolute atomic E-state index is 12.7. The van der Waals surface area contributed by atoms with E-state index in [1.54, 1.807) is 0 Å². The van der Waals surface area contributed by atoms with Crippen molar-refractivity contribution in [2.45, 2.75) is 219 Å². The summed E-state index contributed by atoms with van der Waals surface area (Å²) in [5.74, 6) is -0.506. The molecule has 332 valence electrons. The number of esters is 2. The quantitative estimate of drug-likeness (QED) is 0.0349. The zero-order valence-corrected chi connectivity index (χ0v) is 38.0. The minimum atomic E-state index is -0.570. The van der Waals surface area contributed by atoms with E-state index in [-0.39, 0.29) is 25.2 Å². The van der Waals surface area contributed by atoms with Gasteiger partial charge in [0.1, 0.15) is 6.61 Å². The summed E-state index contributed by atoms with van der Waals surface area (Å²) in [6.45, 7) is 7.60. The van der Waals surface area contributed by atoms with Gasteiger partial charge in [-0.3, -0.25) is 9.59 Å². The molecule has 1 unspecified atom stereocenters. The Morgan fingerprint density at radius 2 is 0.810 bits per heavy atom. The topological polar surface area (TPSA) is 61.8 Å². The van der Waals surface area contributed by atoms with Crippen LogP contribution in [0.5, 0.6) is 0 Å². The highest BCUT2D eigenvalue weighted by molar-refractivity contribution is 5.70. The molecule has 0 aliphatic carbocycles. The first kappa shape index (κ1) is 55.1. The fraction of sp³-hybridized carbons (Fsp3) is 0.698. The van der Waals surface area contributed by atoms with Crippen molar-refractivity contribution in [1.82, 2.24) is 0 Å². The van der Waals surface area contributed by atoms with E-state index < -0.39 is 6.10 Å². The van der Waals surface area contributed by atoms with Crippen molar-refractivity contribution in [3.05, 3.63) is 85.1 Å². The summed E-state index contributed by atoms with van der Waals surface area (Å²) in [5, 5.41) is 0. The lowest BCUT2D eigenvalue weighted by Crippen LogP contribution is -2.30. The summed E-state index contributed by atoms with van der Waals surface area (Å²) in [6, 6.07) is 0. The molecule has 0 rings (SSSR count). The Balaban J connectivity index is 4.32.